The zero-order valence-corrected chi connectivity index (χ0v) is 15.6. The number of aryl methyl sites for hydroxylation is 1. The Labute approximate surface area is 165 Å². The third-order valence-electron chi connectivity index (χ3n) is 4.13. The standard InChI is InChI=1S/C19H16ClN7O/c1-12-16(17(20)27(24-12)11-13-6-3-2-4-7-13)19(28)21-15-9-5-8-14(10-15)18-22-25-26-23-18/h2-10H,11H2,1H3,(H,21,28)(H,22,23,25,26)/p-1. The van der Waals surface area contributed by atoms with Gasteiger partial charge in [0.25, 0.3) is 0 Å². The second-order valence-corrected chi connectivity index (χ2v) is 6.46. The van der Waals surface area contributed by atoms with Gasteiger partial charge < -0.3 is 5.11 Å². The monoisotopic (exact) mass is 392 g/mol. The van der Waals surface area contributed by atoms with Crippen LogP contribution in [0.25, 0.3) is 11.4 Å². The van der Waals surface area contributed by atoms with Crippen LogP contribution in [0.2, 0.25) is 5.15 Å². The van der Waals surface area contributed by atoms with E-state index in [-0.39, 0.29) is 5.15 Å². The Morgan fingerprint density at radius 3 is 2.75 bits per heavy atom. The van der Waals surface area contributed by atoms with E-state index in [0.29, 0.717) is 34.9 Å². The van der Waals surface area contributed by atoms with Crippen LogP contribution in [-0.2, 0) is 6.54 Å². The Bertz CT molecular complexity index is 1120. The van der Waals surface area contributed by atoms with Crippen LogP contribution in [0.1, 0.15) is 16.8 Å². The van der Waals surface area contributed by atoms with Crippen molar-refractivity contribution in [2.45, 2.75) is 13.5 Å². The number of halogens is 1. The summed E-state index contributed by atoms with van der Waals surface area (Å²) in [5, 5.41) is 31.2. The Balaban J connectivity index is 1.65. The van der Waals surface area contributed by atoms with E-state index in [1.807, 2.05) is 36.4 Å². The molecular weight excluding hydrogens is 378 g/mol. The minimum Gasteiger partial charge on any atom is -0.858 e. The van der Waals surface area contributed by atoms with Gasteiger partial charge in [-0.2, -0.15) is 10.3 Å². The number of aromatic nitrogens is 6. The van der Waals surface area contributed by atoms with Gasteiger partial charge in [0.15, 0.2) is 0 Å². The molecule has 0 bridgehead atoms. The van der Waals surface area contributed by atoms with Crippen molar-refractivity contribution in [3.8, 4) is 11.4 Å². The molecule has 2 aromatic heterocycles. The maximum atomic E-state index is 12.8. The van der Waals surface area contributed by atoms with E-state index in [1.54, 1.807) is 29.8 Å². The summed E-state index contributed by atoms with van der Waals surface area (Å²) in [7, 11) is 0. The summed E-state index contributed by atoms with van der Waals surface area (Å²) in [6.07, 6.45) is 0. The quantitative estimate of drug-likeness (QED) is 0.414. The lowest BCUT2D eigenvalue weighted by atomic mass is 10.2. The molecule has 0 aliphatic carbocycles. The van der Waals surface area contributed by atoms with Crippen LogP contribution < -0.4 is 5.11 Å². The lowest BCUT2D eigenvalue weighted by Gasteiger charge is -2.11. The second-order valence-electron chi connectivity index (χ2n) is 6.10. The molecule has 0 amide bonds. The van der Waals surface area contributed by atoms with Crippen LogP contribution in [-0.4, -0.2) is 36.3 Å². The molecule has 0 atom stereocenters. The highest BCUT2D eigenvalue weighted by atomic mass is 35.5. The van der Waals surface area contributed by atoms with Crippen molar-refractivity contribution in [2.75, 3.05) is 0 Å². The number of hydrogen-bond acceptors (Lipinski definition) is 6. The van der Waals surface area contributed by atoms with Crippen molar-refractivity contribution in [1.29, 1.82) is 0 Å². The fourth-order valence-electron chi connectivity index (χ4n) is 2.83. The Kier molecular flexibility index (Phi) is 4.86. The summed E-state index contributed by atoms with van der Waals surface area (Å²) >= 11 is 6.44. The predicted octanol–water partition coefficient (Wildman–Crippen LogP) is 2.51. The maximum Gasteiger partial charge on any atom is 0.204 e. The fraction of sp³-hybridized carbons (Fsp3) is 0.105. The first-order chi connectivity index (χ1) is 13.6. The normalized spacial score (nSPS) is 11.7. The van der Waals surface area contributed by atoms with Crippen molar-refractivity contribution < 1.29 is 5.11 Å². The Hall–Kier alpha value is -3.52. The summed E-state index contributed by atoms with van der Waals surface area (Å²) < 4.78 is 1.60. The number of rotatable bonds is 5. The van der Waals surface area contributed by atoms with E-state index in [4.69, 9.17) is 11.6 Å². The molecule has 4 rings (SSSR count). The van der Waals surface area contributed by atoms with Crippen LogP contribution in [0.4, 0.5) is 5.69 Å². The fourth-order valence-corrected chi connectivity index (χ4v) is 3.14. The van der Waals surface area contributed by atoms with Gasteiger partial charge in [-0.25, -0.2) is 4.68 Å². The zero-order valence-electron chi connectivity index (χ0n) is 14.9. The van der Waals surface area contributed by atoms with Crippen LogP contribution >= 0.6 is 11.6 Å². The van der Waals surface area contributed by atoms with Crippen LogP contribution in [0.15, 0.2) is 59.6 Å². The second kappa shape index (κ2) is 7.61. The summed E-state index contributed by atoms with van der Waals surface area (Å²) in [6, 6.07) is 16.8. The molecule has 9 heteroatoms. The number of hydrogen-bond donors (Lipinski definition) is 1. The number of tetrazole rings is 1. The van der Waals surface area contributed by atoms with E-state index >= 15 is 0 Å². The van der Waals surface area contributed by atoms with E-state index < -0.39 is 5.90 Å². The average molecular weight is 393 g/mol. The lowest BCUT2D eigenvalue weighted by Crippen LogP contribution is -2.19. The molecule has 0 spiro atoms. The molecule has 0 saturated carbocycles. The molecule has 0 aliphatic heterocycles. The van der Waals surface area contributed by atoms with E-state index in [9.17, 15) is 5.11 Å². The molecule has 0 fully saturated rings. The number of benzene rings is 2. The first kappa shape index (κ1) is 17.9. The van der Waals surface area contributed by atoms with Gasteiger partial charge in [0, 0.05) is 17.0 Å². The average Bonchev–Trinajstić information content (AvgIpc) is 3.32. The van der Waals surface area contributed by atoms with Gasteiger partial charge in [-0.1, -0.05) is 54.1 Å². The van der Waals surface area contributed by atoms with Crippen LogP contribution in [0, 0.1) is 6.92 Å². The Morgan fingerprint density at radius 2 is 2.00 bits per heavy atom. The maximum absolute atomic E-state index is 12.8. The van der Waals surface area contributed by atoms with E-state index in [2.05, 4.69) is 30.7 Å². The molecule has 2 heterocycles. The first-order valence-corrected chi connectivity index (χ1v) is 8.86. The molecular formula is C19H15ClN7O-. The largest absolute Gasteiger partial charge is 0.858 e. The summed E-state index contributed by atoms with van der Waals surface area (Å²) in [4.78, 5) is 4.18. The third-order valence-corrected chi connectivity index (χ3v) is 4.52. The zero-order chi connectivity index (χ0) is 19.5. The van der Waals surface area contributed by atoms with Gasteiger partial charge >= 0.3 is 0 Å². The SMILES string of the molecule is Cc1nn(Cc2ccccc2)c(Cl)c1C([O-])=Nc1cccc(-c2nn[nH]n2)c1. The topological polar surface area (TPSA) is 108 Å². The van der Waals surface area contributed by atoms with Crippen molar-refractivity contribution in [3.63, 3.8) is 0 Å². The molecule has 2 aromatic carbocycles. The predicted molar refractivity (Wildman–Crippen MR) is 103 cm³/mol. The minimum atomic E-state index is -0.452. The summed E-state index contributed by atoms with van der Waals surface area (Å²) in [5.41, 5.74) is 3.03. The molecule has 140 valence electrons. The highest BCUT2D eigenvalue weighted by molar-refractivity contribution is 6.32. The first-order valence-electron chi connectivity index (χ1n) is 8.48. The molecule has 0 unspecified atom stereocenters. The molecule has 0 saturated heterocycles. The molecule has 0 aliphatic rings. The highest BCUT2D eigenvalue weighted by Gasteiger charge is 2.14. The minimum absolute atomic E-state index is 0.268. The number of nitrogens with zero attached hydrogens (tertiary/aromatic N) is 6. The number of H-pyrrole nitrogens is 1. The van der Waals surface area contributed by atoms with Crippen LogP contribution in [0.5, 0.6) is 0 Å². The van der Waals surface area contributed by atoms with Gasteiger partial charge in [-0.3, -0.25) is 4.99 Å². The molecule has 0 radical (unpaired) electrons. The third kappa shape index (κ3) is 3.63. The van der Waals surface area contributed by atoms with Gasteiger partial charge in [0.1, 0.15) is 5.15 Å². The molecule has 4 aromatic rings. The molecule has 8 nitrogen and oxygen atoms in total. The number of nitrogens with one attached hydrogen (secondary N) is 1. The van der Waals surface area contributed by atoms with Crippen molar-refractivity contribution in [1.82, 2.24) is 30.4 Å². The van der Waals surface area contributed by atoms with Gasteiger partial charge in [0.2, 0.25) is 5.82 Å². The number of aromatic amines is 1. The van der Waals surface area contributed by atoms with Crippen LogP contribution in [0.3, 0.4) is 0 Å². The van der Waals surface area contributed by atoms with Crippen molar-refractivity contribution in [3.05, 3.63) is 76.6 Å². The van der Waals surface area contributed by atoms with Gasteiger partial charge in [0.05, 0.1) is 17.9 Å². The molecule has 1 N–H and O–H groups in total. The Morgan fingerprint density at radius 1 is 1.18 bits per heavy atom. The lowest BCUT2D eigenvalue weighted by molar-refractivity contribution is -0.212. The summed E-state index contributed by atoms with van der Waals surface area (Å²) in [6.45, 7) is 2.22. The van der Waals surface area contributed by atoms with Crippen molar-refractivity contribution >= 4 is 23.2 Å². The van der Waals surface area contributed by atoms with Gasteiger partial charge in [-0.05, 0) is 29.8 Å². The number of aliphatic imine (C=N–C) groups is 1. The summed E-state index contributed by atoms with van der Waals surface area (Å²) in [5.74, 6) is -0.0264. The highest BCUT2D eigenvalue weighted by Crippen LogP contribution is 2.24. The smallest absolute Gasteiger partial charge is 0.204 e. The van der Waals surface area contributed by atoms with Gasteiger partial charge in [-0.15, -0.1) is 10.2 Å². The van der Waals surface area contributed by atoms with Crippen molar-refractivity contribution in [2.24, 2.45) is 4.99 Å². The van der Waals surface area contributed by atoms with E-state index in [0.717, 1.165) is 5.56 Å². The van der Waals surface area contributed by atoms with E-state index in [1.165, 1.54) is 0 Å². The molecule has 28 heavy (non-hydrogen) atoms.